The average Bonchev–Trinajstić information content (AvgIpc) is 3.08. The highest BCUT2D eigenvalue weighted by atomic mass is 16.5. The largest absolute Gasteiger partial charge is 0.378 e. The molecule has 3 heterocycles. The van der Waals surface area contributed by atoms with Crippen molar-refractivity contribution >= 4 is 23.2 Å². The van der Waals surface area contributed by atoms with Gasteiger partial charge in [-0.15, -0.1) is 0 Å². The van der Waals surface area contributed by atoms with Crippen LogP contribution in [0.2, 0.25) is 0 Å². The zero-order valence-electron chi connectivity index (χ0n) is 17.3. The monoisotopic (exact) mass is 398 g/mol. The summed E-state index contributed by atoms with van der Waals surface area (Å²) in [6, 6.07) is 5.78. The number of benzene rings is 1. The number of hydrogen-bond acceptors (Lipinski definition) is 5. The van der Waals surface area contributed by atoms with E-state index in [0.717, 1.165) is 24.2 Å². The van der Waals surface area contributed by atoms with Crippen molar-refractivity contribution in [3.63, 3.8) is 0 Å². The van der Waals surface area contributed by atoms with E-state index in [1.54, 1.807) is 7.11 Å². The highest BCUT2D eigenvalue weighted by Gasteiger charge is 2.35. The Labute approximate surface area is 171 Å². The van der Waals surface area contributed by atoms with Gasteiger partial charge in [-0.2, -0.15) is 0 Å². The lowest BCUT2D eigenvalue weighted by Crippen LogP contribution is -2.49. The van der Waals surface area contributed by atoms with Gasteiger partial charge in [-0.25, -0.2) is 0 Å². The van der Waals surface area contributed by atoms with E-state index < -0.39 is 6.17 Å². The van der Waals surface area contributed by atoms with Gasteiger partial charge in [-0.3, -0.25) is 19.5 Å². The van der Waals surface area contributed by atoms with Gasteiger partial charge in [-0.05, 0) is 50.0 Å². The van der Waals surface area contributed by atoms with Crippen molar-refractivity contribution in [1.29, 1.82) is 0 Å². The van der Waals surface area contributed by atoms with Crippen molar-refractivity contribution in [3.05, 3.63) is 29.3 Å². The lowest BCUT2D eigenvalue weighted by Gasteiger charge is -2.29. The van der Waals surface area contributed by atoms with Crippen LogP contribution in [0.5, 0.6) is 0 Å². The van der Waals surface area contributed by atoms with Crippen LogP contribution in [0.1, 0.15) is 36.8 Å². The Bertz CT molecular complexity index is 815. The number of amides is 2. The summed E-state index contributed by atoms with van der Waals surface area (Å²) >= 11 is 0. The van der Waals surface area contributed by atoms with Crippen LogP contribution in [0, 0.1) is 18.8 Å². The van der Waals surface area contributed by atoms with Crippen molar-refractivity contribution in [2.24, 2.45) is 22.6 Å². The molecule has 3 fully saturated rings. The van der Waals surface area contributed by atoms with Crippen molar-refractivity contribution in [2.45, 2.75) is 38.8 Å². The molecule has 0 aromatic heterocycles. The molecule has 1 aliphatic carbocycles. The van der Waals surface area contributed by atoms with Crippen LogP contribution in [-0.2, 0) is 14.3 Å². The highest BCUT2D eigenvalue weighted by molar-refractivity contribution is 6.14. The summed E-state index contributed by atoms with van der Waals surface area (Å²) in [5.74, 6) is 0.822. The second-order valence-electron chi connectivity index (χ2n) is 8.53. The molecule has 0 radical (unpaired) electrons. The number of carbonyl (C=O) groups is 2. The van der Waals surface area contributed by atoms with Gasteiger partial charge in [0.05, 0.1) is 18.0 Å². The Morgan fingerprint density at radius 1 is 1.21 bits per heavy atom. The molecule has 156 valence electrons. The van der Waals surface area contributed by atoms with E-state index in [2.05, 4.69) is 4.99 Å². The summed E-state index contributed by atoms with van der Waals surface area (Å²) in [6.07, 6.45) is 3.78. The second-order valence-corrected chi connectivity index (χ2v) is 8.53. The Hall–Kier alpha value is -2.25. The van der Waals surface area contributed by atoms with Crippen LogP contribution in [0.4, 0.5) is 5.69 Å². The van der Waals surface area contributed by atoms with E-state index in [9.17, 15) is 9.59 Å². The number of hydrogen-bond donors (Lipinski definition) is 1. The molecule has 1 unspecified atom stereocenters. The SMILES string of the molecule is COCC1=NC(N)C(=O)N(CC(=O)N2CC3CCC(CC3)C2)c2c(C)cccc21. The number of rotatable bonds is 4. The quantitative estimate of drug-likeness (QED) is 0.836. The van der Waals surface area contributed by atoms with Crippen LogP contribution in [0.25, 0.3) is 0 Å². The van der Waals surface area contributed by atoms with Crippen LogP contribution in [-0.4, -0.2) is 61.9 Å². The van der Waals surface area contributed by atoms with Gasteiger partial charge < -0.3 is 15.4 Å². The van der Waals surface area contributed by atoms with Gasteiger partial charge in [0.15, 0.2) is 6.17 Å². The summed E-state index contributed by atoms with van der Waals surface area (Å²) in [5, 5.41) is 0. The molecule has 7 heteroatoms. The summed E-state index contributed by atoms with van der Waals surface area (Å²) in [4.78, 5) is 34.3. The van der Waals surface area contributed by atoms with Crippen molar-refractivity contribution in [3.8, 4) is 0 Å². The Kier molecular flexibility index (Phi) is 5.69. The number of aliphatic imine (C=N–C) groups is 1. The predicted molar refractivity (Wildman–Crippen MR) is 112 cm³/mol. The summed E-state index contributed by atoms with van der Waals surface area (Å²) < 4.78 is 5.28. The normalized spacial score (nSPS) is 26.7. The third kappa shape index (κ3) is 3.94. The molecule has 5 rings (SSSR count). The Balaban J connectivity index is 1.65. The van der Waals surface area contributed by atoms with Gasteiger partial charge in [0, 0.05) is 25.8 Å². The molecule has 0 spiro atoms. The van der Waals surface area contributed by atoms with Crippen LogP contribution >= 0.6 is 0 Å². The lowest BCUT2D eigenvalue weighted by molar-refractivity contribution is -0.132. The smallest absolute Gasteiger partial charge is 0.266 e. The molecule has 3 aliphatic heterocycles. The molecular formula is C22H30N4O3. The molecule has 7 nitrogen and oxygen atoms in total. The first-order valence-corrected chi connectivity index (χ1v) is 10.5. The maximum atomic E-state index is 13.3. The molecule has 4 aliphatic rings. The summed E-state index contributed by atoms with van der Waals surface area (Å²) in [7, 11) is 1.59. The number of fused-ring (bicyclic) bond motifs is 5. The fourth-order valence-corrected chi connectivity index (χ4v) is 4.95. The molecule has 1 atom stereocenters. The number of benzodiazepines with no additional fused rings is 1. The van der Waals surface area contributed by atoms with E-state index in [1.807, 2.05) is 30.0 Å². The van der Waals surface area contributed by atoms with Crippen molar-refractivity contribution in [1.82, 2.24) is 4.90 Å². The highest BCUT2D eigenvalue weighted by Crippen LogP contribution is 2.34. The number of para-hydroxylation sites is 1. The average molecular weight is 399 g/mol. The van der Waals surface area contributed by atoms with E-state index in [-0.39, 0.29) is 25.0 Å². The lowest BCUT2D eigenvalue weighted by atomic mass is 9.84. The third-order valence-electron chi connectivity index (χ3n) is 6.48. The standard InChI is InChI=1S/C22H30N4O3/c1-14-4-3-5-17-18(13-29-2)24-21(23)22(28)26(20(14)17)12-19(27)25-10-15-6-7-16(11-25)9-8-15/h3-5,15-16,21H,6-13,23H2,1-2H3. The minimum absolute atomic E-state index is 0.000388. The predicted octanol–water partition coefficient (Wildman–Crippen LogP) is 1.71. The fourth-order valence-electron chi connectivity index (χ4n) is 4.95. The van der Waals surface area contributed by atoms with Crippen LogP contribution < -0.4 is 10.6 Å². The van der Waals surface area contributed by atoms with Gasteiger partial charge in [0.2, 0.25) is 5.91 Å². The zero-order chi connectivity index (χ0) is 20.5. The number of anilines is 1. The third-order valence-corrected chi connectivity index (χ3v) is 6.48. The second kappa shape index (κ2) is 8.24. The van der Waals surface area contributed by atoms with Crippen LogP contribution in [0.15, 0.2) is 23.2 Å². The molecule has 2 amide bonds. The first kappa shape index (κ1) is 20.0. The van der Waals surface area contributed by atoms with Crippen LogP contribution in [0.3, 0.4) is 0 Å². The number of ether oxygens (including phenoxy) is 1. The molecule has 2 bridgehead atoms. The number of carbonyl (C=O) groups excluding carboxylic acids is 2. The Morgan fingerprint density at radius 2 is 1.86 bits per heavy atom. The molecule has 29 heavy (non-hydrogen) atoms. The molecule has 2 N–H and O–H groups in total. The van der Waals surface area contributed by atoms with E-state index >= 15 is 0 Å². The number of aryl methyl sites for hydroxylation is 1. The first-order valence-electron chi connectivity index (χ1n) is 10.5. The minimum Gasteiger partial charge on any atom is -0.378 e. The summed E-state index contributed by atoms with van der Waals surface area (Å²) in [6.45, 7) is 3.80. The van der Waals surface area contributed by atoms with E-state index in [4.69, 9.17) is 10.5 Å². The van der Waals surface area contributed by atoms with Gasteiger partial charge in [-0.1, -0.05) is 18.2 Å². The Morgan fingerprint density at radius 3 is 2.48 bits per heavy atom. The molecular weight excluding hydrogens is 368 g/mol. The topological polar surface area (TPSA) is 88.2 Å². The first-order chi connectivity index (χ1) is 14.0. The maximum Gasteiger partial charge on any atom is 0.266 e. The van der Waals surface area contributed by atoms with Crippen molar-refractivity contribution < 1.29 is 14.3 Å². The molecule has 1 aromatic rings. The van der Waals surface area contributed by atoms with Gasteiger partial charge >= 0.3 is 0 Å². The fraction of sp³-hybridized carbons (Fsp3) is 0.591. The molecule has 2 saturated heterocycles. The summed E-state index contributed by atoms with van der Waals surface area (Å²) in [5.41, 5.74) is 9.16. The van der Waals surface area contributed by atoms with E-state index in [1.165, 1.54) is 30.6 Å². The zero-order valence-corrected chi connectivity index (χ0v) is 17.3. The minimum atomic E-state index is -1.04. The van der Waals surface area contributed by atoms with Gasteiger partial charge in [0.25, 0.3) is 5.91 Å². The number of nitrogens with zero attached hydrogens (tertiary/aromatic N) is 3. The number of nitrogens with two attached hydrogens (primary N) is 1. The van der Waals surface area contributed by atoms with Gasteiger partial charge in [0.1, 0.15) is 6.54 Å². The van der Waals surface area contributed by atoms with E-state index in [0.29, 0.717) is 23.2 Å². The molecule has 1 saturated carbocycles. The maximum absolute atomic E-state index is 13.3. The molecule has 1 aromatic carbocycles. The number of methoxy groups -OCH3 is 1. The van der Waals surface area contributed by atoms with Crippen molar-refractivity contribution in [2.75, 3.05) is 38.3 Å².